The first-order valence-corrected chi connectivity index (χ1v) is 9.77. The maximum atomic E-state index is 13.2. The van der Waals surface area contributed by atoms with E-state index in [9.17, 15) is 4.79 Å². The predicted molar refractivity (Wildman–Crippen MR) is 115 cm³/mol. The molecule has 0 saturated heterocycles. The molecule has 0 unspecified atom stereocenters. The zero-order chi connectivity index (χ0) is 20.3. The summed E-state index contributed by atoms with van der Waals surface area (Å²) in [6.45, 7) is 4.09. The maximum Gasteiger partial charge on any atom is 0.282 e. The normalized spacial score (nSPS) is 12.5. The Bertz CT molecular complexity index is 1090. The van der Waals surface area contributed by atoms with Crippen LogP contribution in [-0.4, -0.2) is 30.1 Å². The summed E-state index contributed by atoms with van der Waals surface area (Å²) in [5.74, 6) is 1.86. The molecule has 1 aromatic heterocycles. The van der Waals surface area contributed by atoms with Crippen LogP contribution in [0.1, 0.15) is 37.6 Å². The van der Waals surface area contributed by atoms with Crippen LogP contribution < -0.4 is 15.0 Å². The van der Waals surface area contributed by atoms with E-state index in [4.69, 9.17) is 14.5 Å². The molecule has 0 saturated carbocycles. The number of nitrogens with zero attached hydrogens (tertiary/aromatic N) is 3. The molecule has 1 heterocycles. The van der Waals surface area contributed by atoms with Crippen molar-refractivity contribution in [2.75, 3.05) is 14.2 Å². The fraction of sp³-hybridized carbons (Fsp3) is 0.286. The van der Waals surface area contributed by atoms with Crippen LogP contribution in [0, 0.1) is 0 Å². The van der Waals surface area contributed by atoms with Gasteiger partial charge in [-0.05, 0) is 36.8 Å². The van der Waals surface area contributed by atoms with Crippen LogP contribution in [0.15, 0.2) is 50.8 Å². The molecule has 0 amide bonds. The molecule has 6 nitrogen and oxygen atoms in total. The van der Waals surface area contributed by atoms with Crippen LogP contribution in [0.4, 0.5) is 0 Å². The van der Waals surface area contributed by atoms with Crippen LogP contribution in [0.3, 0.4) is 0 Å². The van der Waals surface area contributed by atoms with Gasteiger partial charge in [0.2, 0.25) is 0 Å². The molecule has 0 aliphatic carbocycles. The smallest absolute Gasteiger partial charge is 0.282 e. The Morgan fingerprint density at radius 2 is 2.04 bits per heavy atom. The van der Waals surface area contributed by atoms with Crippen molar-refractivity contribution in [2.45, 2.75) is 26.2 Å². The minimum atomic E-state index is -0.209. The highest BCUT2D eigenvalue weighted by atomic mass is 79.9. The Morgan fingerprint density at radius 1 is 1.25 bits per heavy atom. The van der Waals surface area contributed by atoms with Crippen molar-refractivity contribution in [3.05, 3.63) is 62.6 Å². The molecule has 3 rings (SSSR count). The van der Waals surface area contributed by atoms with E-state index in [1.54, 1.807) is 26.5 Å². The molecule has 0 fully saturated rings. The molecular formula is C21H22BrN3O3. The first-order chi connectivity index (χ1) is 13.5. The van der Waals surface area contributed by atoms with E-state index >= 15 is 0 Å². The van der Waals surface area contributed by atoms with Gasteiger partial charge in [0, 0.05) is 16.0 Å². The van der Waals surface area contributed by atoms with Gasteiger partial charge in [-0.15, -0.1) is 0 Å². The lowest BCUT2D eigenvalue weighted by atomic mass is 10.1. The minimum absolute atomic E-state index is 0.0742. The molecular weight excluding hydrogens is 422 g/mol. The van der Waals surface area contributed by atoms with Gasteiger partial charge in [-0.3, -0.25) is 4.79 Å². The number of aromatic nitrogens is 2. The van der Waals surface area contributed by atoms with Crippen molar-refractivity contribution in [3.63, 3.8) is 0 Å². The zero-order valence-electron chi connectivity index (χ0n) is 16.3. The Balaban J connectivity index is 2.21. The molecule has 0 radical (unpaired) electrons. The summed E-state index contributed by atoms with van der Waals surface area (Å²) in [6.07, 6.45) is 2.44. The zero-order valence-corrected chi connectivity index (χ0v) is 17.9. The minimum Gasteiger partial charge on any atom is -0.493 e. The lowest BCUT2D eigenvalue weighted by Gasteiger charge is -2.14. The molecule has 2 aromatic carbocycles. The van der Waals surface area contributed by atoms with E-state index in [-0.39, 0.29) is 11.5 Å². The summed E-state index contributed by atoms with van der Waals surface area (Å²) in [5, 5.41) is 4.98. The SMILES string of the molecule is CC[C@H](C)c1nc2ccc(Br)cc2c(=O)n1N=Cc1cccc(OC)c1OC. The average Bonchev–Trinajstić information content (AvgIpc) is 2.72. The molecule has 1 atom stereocenters. The Labute approximate surface area is 171 Å². The number of halogens is 1. The number of benzene rings is 2. The number of hydrogen-bond acceptors (Lipinski definition) is 5. The third-order valence-corrected chi connectivity index (χ3v) is 5.13. The lowest BCUT2D eigenvalue weighted by Crippen LogP contribution is -2.23. The molecule has 0 aliphatic heterocycles. The van der Waals surface area contributed by atoms with Gasteiger partial charge >= 0.3 is 0 Å². The monoisotopic (exact) mass is 443 g/mol. The van der Waals surface area contributed by atoms with Crippen LogP contribution in [0.5, 0.6) is 11.5 Å². The summed E-state index contributed by atoms with van der Waals surface area (Å²) in [7, 11) is 3.15. The first kappa shape index (κ1) is 20.1. The van der Waals surface area contributed by atoms with E-state index in [1.807, 2.05) is 37.3 Å². The first-order valence-electron chi connectivity index (χ1n) is 8.97. The fourth-order valence-corrected chi connectivity index (χ4v) is 3.27. The largest absolute Gasteiger partial charge is 0.493 e. The van der Waals surface area contributed by atoms with E-state index in [1.165, 1.54) is 4.68 Å². The van der Waals surface area contributed by atoms with Crippen LogP contribution >= 0.6 is 15.9 Å². The third kappa shape index (κ3) is 3.80. The van der Waals surface area contributed by atoms with Gasteiger partial charge < -0.3 is 9.47 Å². The van der Waals surface area contributed by atoms with Crippen molar-refractivity contribution in [1.82, 2.24) is 9.66 Å². The summed E-state index contributed by atoms with van der Waals surface area (Å²) >= 11 is 3.42. The molecule has 0 N–H and O–H groups in total. The molecule has 7 heteroatoms. The van der Waals surface area contributed by atoms with Gasteiger partial charge in [-0.1, -0.05) is 35.8 Å². The fourth-order valence-electron chi connectivity index (χ4n) is 2.91. The standard InChI is InChI=1S/C21H22BrN3O3/c1-5-13(2)20-24-17-10-9-15(22)11-16(17)21(26)25(20)23-12-14-7-6-8-18(27-3)19(14)28-4/h6-13H,5H2,1-4H3/t13-/m0/s1. The van der Waals surface area contributed by atoms with E-state index in [2.05, 4.69) is 28.0 Å². The molecule has 0 bridgehead atoms. The van der Waals surface area contributed by atoms with Crippen molar-refractivity contribution in [1.29, 1.82) is 0 Å². The Kier molecular flexibility index (Phi) is 6.14. The van der Waals surface area contributed by atoms with Gasteiger partial charge in [0.1, 0.15) is 5.82 Å². The molecule has 0 aliphatic rings. The van der Waals surface area contributed by atoms with Gasteiger partial charge in [-0.2, -0.15) is 9.78 Å². The van der Waals surface area contributed by atoms with Gasteiger partial charge in [0.05, 0.1) is 31.3 Å². The Morgan fingerprint density at radius 3 is 2.71 bits per heavy atom. The number of methoxy groups -OCH3 is 2. The number of hydrogen-bond donors (Lipinski definition) is 0. The summed E-state index contributed by atoms with van der Waals surface area (Å²) in [6, 6.07) is 11.0. The van der Waals surface area contributed by atoms with Gasteiger partial charge in [0.15, 0.2) is 11.5 Å². The van der Waals surface area contributed by atoms with Gasteiger partial charge in [-0.25, -0.2) is 4.98 Å². The predicted octanol–water partition coefficient (Wildman–Crippen LogP) is 4.57. The number of para-hydroxylation sites is 1. The quantitative estimate of drug-likeness (QED) is 0.523. The van der Waals surface area contributed by atoms with Crippen molar-refractivity contribution in [2.24, 2.45) is 5.10 Å². The molecule has 0 spiro atoms. The van der Waals surface area contributed by atoms with Crippen LogP contribution in [-0.2, 0) is 0 Å². The summed E-state index contributed by atoms with van der Waals surface area (Å²) in [4.78, 5) is 17.9. The maximum absolute atomic E-state index is 13.2. The number of rotatable bonds is 6. The number of fused-ring (bicyclic) bond motifs is 1. The van der Waals surface area contributed by atoms with Crippen molar-refractivity contribution >= 4 is 33.0 Å². The highest BCUT2D eigenvalue weighted by molar-refractivity contribution is 9.10. The van der Waals surface area contributed by atoms with E-state index < -0.39 is 0 Å². The van der Waals surface area contributed by atoms with Crippen molar-refractivity contribution in [3.8, 4) is 11.5 Å². The average molecular weight is 444 g/mol. The van der Waals surface area contributed by atoms with E-state index in [0.717, 1.165) is 10.9 Å². The topological polar surface area (TPSA) is 65.7 Å². The van der Waals surface area contributed by atoms with Gasteiger partial charge in [0.25, 0.3) is 5.56 Å². The highest BCUT2D eigenvalue weighted by Gasteiger charge is 2.16. The van der Waals surface area contributed by atoms with E-state index in [0.29, 0.717) is 33.8 Å². The second-order valence-corrected chi connectivity index (χ2v) is 7.30. The highest BCUT2D eigenvalue weighted by Crippen LogP contribution is 2.29. The van der Waals surface area contributed by atoms with Crippen LogP contribution in [0.25, 0.3) is 10.9 Å². The molecule has 146 valence electrons. The molecule has 3 aromatic rings. The third-order valence-electron chi connectivity index (χ3n) is 4.63. The van der Waals surface area contributed by atoms with Crippen molar-refractivity contribution < 1.29 is 9.47 Å². The second kappa shape index (κ2) is 8.56. The Hall–Kier alpha value is -2.67. The number of ether oxygens (including phenoxy) is 2. The molecule has 28 heavy (non-hydrogen) atoms. The summed E-state index contributed by atoms with van der Waals surface area (Å²) in [5.41, 5.74) is 1.16. The second-order valence-electron chi connectivity index (χ2n) is 6.39. The lowest BCUT2D eigenvalue weighted by molar-refractivity contribution is 0.354. The van der Waals surface area contributed by atoms with Crippen LogP contribution in [0.2, 0.25) is 0 Å². The summed E-state index contributed by atoms with van der Waals surface area (Å²) < 4.78 is 13.0.